The van der Waals surface area contributed by atoms with Gasteiger partial charge in [-0.3, -0.25) is 0 Å². The van der Waals surface area contributed by atoms with Crippen LogP contribution in [0.15, 0.2) is 24.3 Å². The summed E-state index contributed by atoms with van der Waals surface area (Å²) in [6.07, 6.45) is 23.6. The molecule has 0 rings (SSSR count). The molecule has 118 valence electrons. The third-order valence-electron chi connectivity index (χ3n) is 3.64. The third-order valence-corrected chi connectivity index (χ3v) is 3.64. The predicted octanol–water partition coefficient (Wildman–Crippen LogP) is 6.04. The predicted molar refractivity (Wildman–Crippen MR) is 91.0 cm³/mol. The first kappa shape index (κ1) is 19.4. The van der Waals surface area contributed by atoms with Crippen LogP contribution in [0, 0.1) is 5.92 Å². The summed E-state index contributed by atoms with van der Waals surface area (Å²) in [4.78, 5) is 0. The molecule has 1 nitrogen and oxygen atoms in total. The lowest BCUT2D eigenvalue weighted by Gasteiger charge is -2.00. The Morgan fingerprint density at radius 2 is 1.25 bits per heavy atom. The Hall–Kier alpha value is -0.560. The maximum Gasteiger partial charge on any atom is 0.0491 e. The van der Waals surface area contributed by atoms with Crippen molar-refractivity contribution in [2.75, 3.05) is 6.61 Å². The van der Waals surface area contributed by atoms with Crippen LogP contribution in [0.2, 0.25) is 0 Å². The molecule has 0 fully saturated rings. The van der Waals surface area contributed by atoms with Gasteiger partial charge in [0.25, 0.3) is 0 Å². The Morgan fingerprint density at radius 1 is 0.750 bits per heavy atom. The van der Waals surface area contributed by atoms with E-state index < -0.39 is 0 Å². The van der Waals surface area contributed by atoms with Crippen molar-refractivity contribution in [2.24, 2.45) is 5.92 Å². The smallest absolute Gasteiger partial charge is 0.0491 e. The summed E-state index contributed by atoms with van der Waals surface area (Å²) >= 11 is 0. The highest BCUT2D eigenvalue weighted by molar-refractivity contribution is 4.85. The second-order valence-corrected chi connectivity index (χ2v) is 5.90. The first-order valence-corrected chi connectivity index (χ1v) is 8.73. The normalized spacial score (nSPS) is 13.6. The first-order chi connectivity index (χ1) is 9.81. The largest absolute Gasteiger partial charge is 0.396 e. The lowest BCUT2D eigenvalue weighted by molar-refractivity contribution is 0.262. The molecule has 1 N–H and O–H groups in total. The van der Waals surface area contributed by atoms with Gasteiger partial charge in [-0.1, -0.05) is 70.3 Å². The monoisotopic (exact) mass is 280 g/mol. The zero-order valence-corrected chi connectivity index (χ0v) is 13.8. The summed E-state index contributed by atoms with van der Waals surface area (Å²) in [5, 5.41) is 8.88. The van der Waals surface area contributed by atoms with Gasteiger partial charge in [0, 0.05) is 6.61 Å². The van der Waals surface area contributed by atoms with Gasteiger partial charge in [-0.2, -0.15) is 0 Å². The molecule has 0 radical (unpaired) electrons. The van der Waals surface area contributed by atoms with Crippen molar-refractivity contribution in [2.45, 2.75) is 84.5 Å². The molecule has 0 aromatic heterocycles. The maximum atomic E-state index is 8.88. The molecular weight excluding hydrogens is 244 g/mol. The highest BCUT2D eigenvalue weighted by atomic mass is 16.3. The van der Waals surface area contributed by atoms with Crippen LogP contribution in [-0.2, 0) is 0 Å². The summed E-state index contributed by atoms with van der Waals surface area (Å²) in [7, 11) is 0. The minimum Gasteiger partial charge on any atom is -0.396 e. The van der Waals surface area contributed by atoms with Gasteiger partial charge >= 0.3 is 0 Å². The van der Waals surface area contributed by atoms with Gasteiger partial charge in [-0.05, 0) is 44.4 Å². The standard InChI is InChI=1S/C19H36O/c1-3-4-5-6-7-8-9-10-11-12-13-14-15-16-17-19(2)18-20/h7-8,16-17,19-20H,3-6,9-15,18H2,1-2H3/b8-7-,17-16-. The van der Waals surface area contributed by atoms with Gasteiger partial charge in [-0.25, -0.2) is 0 Å². The van der Waals surface area contributed by atoms with Crippen molar-refractivity contribution < 1.29 is 5.11 Å². The molecule has 1 atom stereocenters. The summed E-state index contributed by atoms with van der Waals surface area (Å²) in [5.41, 5.74) is 0. The van der Waals surface area contributed by atoms with E-state index in [1.807, 2.05) is 6.92 Å². The van der Waals surface area contributed by atoms with E-state index in [-0.39, 0.29) is 6.61 Å². The van der Waals surface area contributed by atoms with Gasteiger partial charge in [-0.15, -0.1) is 0 Å². The fraction of sp³-hybridized carbons (Fsp3) is 0.789. The molecular formula is C19H36O. The van der Waals surface area contributed by atoms with Crippen LogP contribution >= 0.6 is 0 Å². The lowest BCUT2D eigenvalue weighted by atomic mass is 10.1. The SMILES string of the molecule is CCCCC/C=C\CCCCCCC/C=C\C(C)CO. The van der Waals surface area contributed by atoms with Gasteiger partial charge in [0.05, 0.1) is 0 Å². The second kappa shape index (κ2) is 16.5. The van der Waals surface area contributed by atoms with E-state index >= 15 is 0 Å². The zero-order chi connectivity index (χ0) is 14.9. The first-order valence-electron chi connectivity index (χ1n) is 8.73. The van der Waals surface area contributed by atoms with Crippen LogP contribution in [0.4, 0.5) is 0 Å². The van der Waals surface area contributed by atoms with Crippen molar-refractivity contribution in [3.63, 3.8) is 0 Å². The summed E-state index contributed by atoms with van der Waals surface area (Å²) in [5.74, 6) is 0.319. The van der Waals surface area contributed by atoms with Gasteiger partial charge in [0.2, 0.25) is 0 Å². The van der Waals surface area contributed by atoms with Crippen LogP contribution in [0.5, 0.6) is 0 Å². The molecule has 0 saturated heterocycles. The van der Waals surface area contributed by atoms with Crippen molar-refractivity contribution in [1.29, 1.82) is 0 Å². The molecule has 0 aromatic rings. The number of aliphatic hydroxyl groups is 1. The number of hydrogen-bond donors (Lipinski definition) is 1. The second-order valence-electron chi connectivity index (χ2n) is 5.90. The molecule has 0 amide bonds. The fourth-order valence-corrected chi connectivity index (χ4v) is 2.19. The van der Waals surface area contributed by atoms with Crippen LogP contribution in [0.1, 0.15) is 84.5 Å². The molecule has 0 aliphatic rings. The highest BCUT2D eigenvalue weighted by Gasteiger charge is 1.92. The molecule has 0 aromatic carbocycles. The average Bonchev–Trinajstić information content (AvgIpc) is 2.47. The Kier molecular flexibility index (Phi) is 16.0. The van der Waals surface area contributed by atoms with E-state index in [0.29, 0.717) is 5.92 Å². The summed E-state index contributed by atoms with van der Waals surface area (Å²) < 4.78 is 0. The number of rotatable bonds is 14. The number of unbranched alkanes of at least 4 members (excludes halogenated alkanes) is 9. The number of hydrogen-bond acceptors (Lipinski definition) is 1. The van der Waals surface area contributed by atoms with Crippen molar-refractivity contribution in [3.05, 3.63) is 24.3 Å². The molecule has 0 saturated carbocycles. The van der Waals surface area contributed by atoms with Gasteiger partial charge in [0.15, 0.2) is 0 Å². The topological polar surface area (TPSA) is 20.2 Å². The van der Waals surface area contributed by atoms with E-state index in [0.717, 1.165) is 0 Å². The Labute approximate surface area is 127 Å². The molecule has 20 heavy (non-hydrogen) atoms. The van der Waals surface area contributed by atoms with Crippen LogP contribution < -0.4 is 0 Å². The fourth-order valence-electron chi connectivity index (χ4n) is 2.19. The van der Waals surface area contributed by atoms with E-state index in [1.54, 1.807) is 0 Å². The van der Waals surface area contributed by atoms with E-state index in [4.69, 9.17) is 5.11 Å². The zero-order valence-electron chi connectivity index (χ0n) is 13.8. The van der Waals surface area contributed by atoms with Gasteiger partial charge < -0.3 is 5.11 Å². The van der Waals surface area contributed by atoms with Crippen molar-refractivity contribution in [1.82, 2.24) is 0 Å². The molecule has 1 heteroatoms. The summed E-state index contributed by atoms with van der Waals surface area (Å²) in [6, 6.07) is 0. The van der Waals surface area contributed by atoms with E-state index in [2.05, 4.69) is 31.2 Å². The van der Waals surface area contributed by atoms with Crippen LogP contribution in [0.25, 0.3) is 0 Å². The number of allylic oxidation sites excluding steroid dienone is 3. The quantitative estimate of drug-likeness (QED) is 0.304. The van der Waals surface area contributed by atoms with E-state index in [1.165, 1.54) is 70.6 Å². The maximum absolute atomic E-state index is 8.88. The Balaban J connectivity index is 3.15. The lowest BCUT2D eigenvalue weighted by Crippen LogP contribution is -1.94. The number of aliphatic hydroxyl groups excluding tert-OH is 1. The minimum atomic E-state index is 0.266. The molecule has 0 spiro atoms. The Morgan fingerprint density at radius 3 is 1.80 bits per heavy atom. The highest BCUT2D eigenvalue weighted by Crippen LogP contribution is 2.09. The molecule has 0 heterocycles. The molecule has 0 bridgehead atoms. The van der Waals surface area contributed by atoms with Gasteiger partial charge in [0.1, 0.15) is 0 Å². The van der Waals surface area contributed by atoms with Crippen LogP contribution in [-0.4, -0.2) is 11.7 Å². The van der Waals surface area contributed by atoms with E-state index in [9.17, 15) is 0 Å². The van der Waals surface area contributed by atoms with Crippen LogP contribution in [0.3, 0.4) is 0 Å². The third kappa shape index (κ3) is 15.5. The minimum absolute atomic E-state index is 0.266. The average molecular weight is 280 g/mol. The summed E-state index contributed by atoms with van der Waals surface area (Å²) in [6.45, 7) is 4.57. The molecule has 0 aliphatic heterocycles. The molecule has 0 aliphatic carbocycles. The molecule has 1 unspecified atom stereocenters. The Bertz CT molecular complexity index is 230. The van der Waals surface area contributed by atoms with Crippen molar-refractivity contribution >= 4 is 0 Å². The van der Waals surface area contributed by atoms with Crippen molar-refractivity contribution in [3.8, 4) is 0 Å².